The van der Waals surface area contributed by atoms with E-state index in [4.69, 9.17) is 0 Å². The zero-order valence-corrected chi connectivity index (χ0v) is 18.4. The quantitative estimate of drug-likeness (QED) is 0.351. The number of guanidine groups is 1. The number of carbonyl (C=O) groups is 1. The van der Waals surface area contributed by atoms with Crippen LogP contribution in [-0.2, 0) is 17.8 Å². The van der Waals surface area contributed by atoms with Crippen LogP contribution < -0.4 is 10.6 Å². The van der Waals surface area contributed by atoms with E-state index in [0.717, 1.165) is 44.8 Å². The average molecular weight is 477 g/mol. The highest BCUT2D eigenvalue weighted by molar-refractivity contribution is 14.0. The third kappa shape index (κ3) is 7.08. The van der Waals surface area contributed by atoms with Crippen molar-refractivity contribution in [3.63, 3.8) is 0 Å². The van der Waals surface area contributed by atoms with E-state index in [1.165, 1.54) is 6.42 Å². The Kier molecular flexibility index (Phi) is 10.5. The Morgan fingerprint density at radius 1 is 1.38 bits per heavy atom. The van der Waals surface area contributed by atoms with Crippen molar-refractivity contribution in [2.45, 2.75) is 46.1 Å². The number of aliphatic imine (C=N–C) groups is 1. The average Bonchev–Trinajstić information content (AvgIpc) is 3.07. The van der Waals surface area contributed by atoms with Gasteiger partial charge >= 0.3 is 0 Å². The van der Waals surface area contributed by atoms with Gasteiger partial charge in [-0.15, -0.1) is 34.2 Å². The molecule has 1 aromatic heterocycles. The van der Waals surface area contributed by atoms with E-state index in [1.54, 1.807) is 13.4 Å². The van der Waals surface area contributed by atoms with E-state index in [-0.39, 0.29) is 29.9 Å². The Hall–Kier alpha value is -1.39. The molecule has 0 aromatic carbocycles. The summed E-state index contributed by atoms with van der Waals surface area (Å²) in [4.78, 5) is 18.5. The maximum atomic E-state index is 12.3. The second-order valence-corrected chi connectivity index (χ2v) is 6.56. The molecule has 1 saturated heterocycles. The maximum absolute atomic E-state index is 12.3. The molecule has 1 aromatic rings. The number of aryl methyl sites for hydroxylation is 1. The number of halogens is 1. The summed E-state index contributed by atoms with van der Waals surface area (Å²) in [5.74, 6) is 2.54. The van der Waals surface area contributed by atoms with Crippen molar-refractivity contribution >= 4 is 35.8 Å². The Balaban J connectivity index is 0.00000338. The predicted molar refractivity (Wildman–Crippen MR) is 114 cm³/mol. The second-order valence-electron chi connectivity index (χ2n) is 6.56. The van der Waals surface area contributed by atoms with Gasteiger partial charge in [0.15, 0.2) is 5.96 Å². The normalized spacial score (nSPS) is 17.6. The molecule has 26 heavy (non-hydrogen) atoms. The third-order valence-electron chi connectivity index (χ3n) is 4.52. The molecule has 8 nitrogen and oxygen atoms in total. The number of nitrogens with one attached hydrogen (secondary N) is 2. The molecule has 1 atom stereocenters. The van der Waals surface area contributed by atoms with Crippen LogP contribution in [0.15, 0.2) is 11.3 Å². The van der Waals surface area contributed by atoms with Gasteiger partial charge in [0.1, 0.15) is 12.2 Å². The van der Waals surface area contributed by atoms with Crippen molar-refractivity contribution < 1.29 is 4.79 Å². The van der Waals surface area contributed by atoms with Crippen LogP contribution in [0.3, 0.4) is 0 Å². The van der Waals surface area contributed by atoms with Crippen molar-refractivity contribution in [2.75, 3.05) is 33.2 Å². The van der Waals surface area contributed by atoms with E-state index in [1.807, 2.05) is 9.47 Å². The first kappa shape index (κ1) is 22.7. The van der Waals surface area contributed by atoms with Crippen molar-refractivity contribution in [1.29, 1.82) is 0 Å². The Labute approximate surface area is 173 Å². The predicted octanol–water partition coefficient (Wildman–Crippen LogP) is 1.27. The van der Waals surface area contributed by atoms with Crippen molar-refractivity contribution in [1.82, 2.24) is 30.3 Å². The first-order chi connectivity index (χ1) is 12.1. The molecule has 2 N–H and O–H groups in total. The van der Waals surface area contributed by atoms with Gasteiger partial charge in [-0.3, -0.25) is 9.79 Å². The number of amides is 1. The standard InChI is InChI=1S/C17H31N7O.HI/c1-4-15-22-21-13-24(15)11-9-20-17(18-3)19-8-7-16(25)23-10-5-6-14(2)12-23;/h13-14H,4-12H2,1-3H3,(H2,18,19,20);1H. The Morgan fingerprint density at radius 3 is 2.85 bits per heavy atom. The minimum atomic E-state index is 0. The van der Waals surface area contributed by atoms with Crippen LogP contribution in [0.2, 0.25) is 0 Å². The van der Waals surface area contributed by atoms with Gasteiger partial charge in [0.25, 0.3) is 0 Å². The summed E-state index contributed by atoms with van der Waals surface area (Å²) in [6.07, 6.45) is 5.45. The fourth-order valence-electron chi connectivity index (χ4n) is 3.12. The van der Waals surface area contributed by atoms with Crippen molar-refractivity contribution in [3.05, 3.63) is 12.2 Å². The molecule has 9 heteroatoms. The molecular formula is C17H32IN7O. The van der Waals surface area contributed by atoms with E-state index in [9.17, 15) is 4.79 Å². The van der Waals surface area contributed by atoms with Crippen LogP contribution >= 0.6 is 24.0 Å². The van der Waals surface area contributed by atoms with E-state index in [2.05, 4.69) is 39.7 Å². The molecule has 0 saturated carbocycles. The van der Waals surface area contributed by atoms with E-state index >= 15 is 0 Å². The molecule has 1 aliphatic heterocycles. The highest BCUT2D eigenvalue weighted by Gasteiger charge is 2.20. The lowest BCUT2D eigenvalue weighted by atomic mass is 10.00. The van der Waals surface area contributed by atoms with E-state index in [0.29, 0.717) is 24.8 Å². The van der Waals surface area contributed by atoms with Gasteiger partial charge in [0.2, 0.25) is 5.91 Å². The number of piperidine rings is 1. The van der Waals surface area contributed by atoms with Crippen molar-refractivity contribution in [3.8, 4) is 0 Å². The molecular weight excluding hydrogens is 445 g/mol. The van der Waals surface area contributed by atoms with Crippen LogP contribution in [0.1, 0.15) is 38.9 Å². The van der Waals surface area contributed by atoms with Gasteiger partial charge in [-0.25, -0.2) is 0 Å². The molecule has 0 bridgehead atoms. The first-order valence-electron chi connectivity index (χ1n) is 9.23. The summed E-state index contributed by atoms with van der Waals surface area (Å²) >= 11 is 0. The molecule has 1 fully saturated rings. The fourth-order valence-corrected chi connectivity index (χ4v) is 3.12. The van der Waals surface area contributed by atoms with Gasteiger partial charge in [-0.1, -0.05) is 13.8 Å². The highest BCUT2D eigenvalue weighted by atomic mass is 127. The summed E-state index contributed by atoms with van der Waals surface area (Å²) in [6, 6.07) is 0. The van der Waals surface area contributed by atoms with Gasteiger partial charge in [0.05, 0.1) is 0 Å². The van der Waals surface area contributed by atoms with Crippen LogP contribution in [0.25, 0.3) is 0 Å². The lowest BCUT2D eigenvalue weighted by Crippen LogP contribution is -2.43. The number of hydrogen-bond donors (Lipinski definition) is 2. The number of carbonyl (C=O) groups excluding carboxylic acids is 1. The fraction of sp³-hybridized carbons (Fsp3) is 0.765. The van der Waals surface area contributed by atoms with Gasteiger partial charge in [-0.2, -0.15) is 0 Å². The minimum Gasteiger partial charge on any atom is -0.356 e. The lowest BCUT2D eigenvalue weighted by Gasteiger charge is -2.31. The lowest BCUT2D eigenvalue weighted by molar-refractivity contribution is -0.132. The van der Waals surface area contributed by atoms with Gasteiger partial charge in [0, 0.05) is 52.6 Å². The largest absolute Gasteiger partial charge is 0.356 e. The van der Waals surface area contributed by atoms with Crippen LogP contribution in [0.4, 0.5) is 0 Å². The smallest absolute Gasteiger partial charge is 0.224 e. The summed E-state index contributed by atoms with van der Waals surface area (Å²) in [7, 11) is 1.74. The summed E-state index contributed by atoms with van der Waals surface area (Å²) in [5.41, 5.74) is 0. The number of likely N-dealkylation sites (tertiary alicyclic amines) is 1. The topological polar surface area (TPSA) is 87.4 Å². The zero-order chi connectivity index (χ0) is 18.1. The zero-order valence-electron chi connectivity index (χ0n) is 16.1. The molecule has 1 amide bonds. The molecule has 2 rings (SSSR count). The Morgan fingerprint density at radius 2 is 2.15 bits per heavy atom. The van der Waals surface area contributed by atoms with E-state index < -0.39 is 0 Å². The summed E-state index contributed by atoms with van der Waals surface area (Å²) in [6.45, 7) is 8.16. The van der Waals surface area contributed by atoms with Gasteiger partial charge < -0.3 is 20.1 Å². The number of hydrogen-bond acceptors (Lipinski definition) is 4. The van der Waals surface area contributed by atoms with Gasteiger partial charge in [-0.05, 0) is 18.8 Å². The molecule has 1 unspecified atom stereocenters. The number of aromatic nitrogens is 3. The van der Waals surface area contributed by atoms with Crippen LogP contribution in [0.5, 0.6) is 0 Å². The highest BCUT2D eigenvalue weighted by Crippen LogP contribution is 2.15. The molecule has 148 valence electrons. The molecule has 0 spiro atoms. The molecule has 1 aliphatic rings. The summed E-state index contributed by atoms with van der Waals surface area (Å²) in [5, 5.41) is 14.5. The van der Waals surface area contributed by atoms with Crippen LogP contribution in [-0.4, -0.2) is 64.8 Å². The molecule has 0 aliphatic carbocycles. The molecule has 2 heterocycles. The Bertz CT molecular complexity index is 575. The second kappa shape index (κ2) is 12.1. The number of rotatable bonds is 7. The molecule has 0 radical (unpaired) electrons. The first-order valence-corrected chi connectivity index (χ1v) is 9.23. The summed E-state index contributed by atoms with van der Waals surface area (Å²) < 4.78 is 2.03. The SMILES string of the molecule is CCc1nncn1CCNC(=NC)NCCC(=O)N1CCCC(C)C1.I. The van der Waals surface area contributed by atoms with Crippen LogP contribution in [0, 0.1) is 5.92 Å². The maximum Gasteiger partial charge on any atom is 0.224 e. The minimum absolute atomic E-state index is 0. The third-order valence-corrected chi connectivity index (χ3v) is 4.52. The van der Waals surface area contributed by atoms with Crippen molar-refractivity contribution in [2.24, 2.45) is 10.9 Å². The monoisotopic (exact) mass is 477 g/mol. The number of nitrogens with zero attached hydrogens (tertiary/aromatic N) is 5.